The van der Waals surface area contributed by atoms with E-state index in [1.165, 1.54) is 122 Å². The maximum absolute atomic E-state index is 12.2. The third kappa shape index (κ3) is 17.5. The Morgan fingerprint density at radius 3 is 1.32 bits per heavy atom. The first kappa shape index (κ1) is 38.6. The third-order valence-electron chi connectivity index (χ3n) is 8.45. The topological polar surface area (TPSA) is 57.2 Å². The Labute approximate surface area is 276 Å². The number of rotatable bonds is 25. The van der Waals surface area contributed by atoms with Crippen molar-refractivity contribution in [1.29, 1.82) is 0 Å². The number of unbranched alkanes of at least 4 members (excludes halogenated alkanes) is 20. The minimum absolute atomic E-state index is 0. The summed E-state index contributed by atoms with van der Waals surface area (Å²) in [6, 6.07) is 9.82. The Morgan fingerprint density at radius 1 is 0.512 bits per heavy atom. The van der Waals surface area contributed by atoms with E-state index in [9.17, 15) is 13.0 Å². The van der Waals surface area contributed by atoms with Gasteiger partial charge in [-0.1, -0.05) is 160 Å². The van der Waals surface area contributed by atoms with Crippen LogP contribution in [0.5, 0.6) is 0 Å². The van der Waals surface area contributed by atoms with Crippen molar-refractivity contribution in [1.82, 2.24) is 0 Å². The number of fused-ring (bicyclic) bond motifs is 1. The fourth-order valence-electron chi connectivity index (χ4n) is 5.92. The van der Waals surface area contributed by atoms with Crippen LogP contribution in [0.1, 0.15) is 166 Å². The molecule has 0 N–H and O–H groups in total. The van der Waals surface area contributed by atoms with Crippen molar-refractivity contribution in [3.63, 3.8) is 0 Å². The second-order valence-electron chi connectivity index (χ2n) is 12.2. The van der Waals surface area contributed by atoms with E-state index in [0.29, 0.717) is 5.39 Å². The van der Waals surface area contributed by atoms with E-state index < -0.39 is 10.1 Å². The summed E-state index contributed by atoms with van der Waals surface area (Å²) in [5, 5.41) is 1.47. The summed E-state index contributed by atoms with van der Waals surface area (Å²) in [7, 11) is -4.52. The summed E-state index contributed by atoms with van der Waals surface area (Å²) in [4.78, 5) is -0.0381. The van der Waals surface area contributed by atoms with Gasteiger partial charge in [0.25, 0.3) is 0 Å². The fourth-order valence-corrected chi connectivity index (χ4v) is 6.67. The molecule has 2 aromatic carbocycles. The molecule has 0 aromatic heterocycles. The molecule has 3 nitrogen and oxygen atoms in total. The predicted molar refractivity (Wildman–Crippen MR) is 172 cm³/mol. The minimum atomic E-state index is -4.52. The molecule has 0 saturated heterocycles. The SMILES string of the molecule is CCCCCCCCCCCCCc1cc(S(=O)(=O)[O-])c2cc(CCCCCCCCCCCCC)ccc2c1.[Na+]. The Kier molecular flexibility index (Phi) is 22.6. The molecule has 2 rings (SSSR count). The van der Waals surface area contributed by atoms with Crippen molar-refractivity contribution in [2.75, 3.05) is 0 Å². The largest absolute Gasteiger partial charge is 1.00 e. The van der Waals surface area contributed by atoms with Crippen LogP contribution in [0.25, 0.3) is 10.8 Å². The van der Waals surface area contributed by atoms with Crippen LogP contribution < -0.4 is 29.6 Å². The molecule has 5 heteroatoms. The minimum Gasteiger partial charge on any atom is -0.744 e. The monoisotopic (exact) mass is 594 g/mol. The third-order valence-corrected chi connectivity index (χ3v) is 9.32. The summed E-state index contributed by atoms with van der Waals surface area (Å²) < 4.78 is 36.5. The molecule has 0 bridgehead atoms. The second-order valence-corrected chi connectivity index (χ2v) is 13.5. The van der Waals surface area contributed by atoms with Gasteiger partial charge in [-0.2, -0.15) is 0 Å². The van der Waals surface area contributed by atoms with Crippen LogP contribution in [0.15, 0.2) is 35.2 Å². The molecular formula is C36H59NaO3S. The van der Waals surface area contributed by atoms with Gasteiger partial charge < -0.3 is 4.55 Å². The van der Waals surface area contributed by atoms with E-state index in [-0.39, 0.29) is 34.5 Å². The maximum atomic E-state index is 12.2. The van der Waals surface area contributed by atoms with Crippen molar-refractivity contribution in [3.05, 3.63) is 41.5 Å². The van der Waals surface area contributed by atoms with Gasteiger partial charge in [0.15, 0.2) is 0 Å². The van der Waals surface area contributed by atoms with Crippen LogP contribution in [-0.2, 0) is 23.0 Å². The first-order chi connectivity index (χ1) is 19.5. The molecule has 41 heavy (non-hydrogen) atoms. The van der Waals surface area contributed by atoms with Crippen molar-refractivity contribution in [3.8, 4) is 0 Å². The van der Waals surface area contributed by atoms with Gasteiger partial charge >= 0.3 is 29.6 Å². The molecule has 0 atom stereocenters. The van der Waals surface area contributed by atoms with E-state index in [4.69, 9.17) is 0 Å². The molecule has 0 saturated carbocycles. The van der Waals surface area contributed by atoms with Crippen LogP contribution in [0, 0.1) is 0 Å². The van der Waals surface area contributed by atoms with Crippen molar-refractivity contribution >= 4 is 20.9 Å². The first-order valence-electron chi connectivity index (χ1n) is 17.0. The van der Waals surface area contributed by atoms with Crippen LogP contribution in [-0.4, -0.2) is 13.0 Å². The summed E-state index contributed by atoms with van der Waals surface area (Å²) >= 11 is 0. The van der Waals surface area contributed by atoms with Gasteiger partial charge in [-0.15, -0.1) is 0 Å². The van der Waals surface area contributed by atoms with Crippen LogP contribution in [0.4, 0.5) is 0 Å². The number of benzene rings is 2. The molecule has 0 aliphatic heterocycles. The molecule has 0 spiro atoms. The average Bonchev–Trinajstić information content (AvgIpc) is 2.93. The van der Waals surface area contributed by atoms with Gasteiger partial charge in [-0.3, -0.25) is 0 Å². The normalized spacial score (nSPS) is 11.7. The summed E-state index contributed by atoms with van der Waals surface area (Å²) in [5.41, 5.74) is 2.10. The molecule has 0 heterocycles. The smallest absolute Gasteiger partial charge is 0.744 e. The number of hydrogen-bond acceptors (Lipinski definition) is 3. The van der Waals surface area contributed by atoms with Gasteiger partial charge in [-0.25, -0.2) is 8.42 Å². The molecule has 2 aromatic rings. The molecule has 228 valence electrons. The zero-order chi connectivity index (χ0) is 28.9. The van der Waals surface area contributed by atoms with E-state index in [2.05, 4.69) is 26.0 Å². The Balaban J connectivity index is 0.00000840. The van der Waals surface area contributed by atoms with Crippen molar-refractivity contribution in [2.45, 2.75) is 173 Å². The summed E-state index contributed by atoms with van der Waals surface area (Å²) in [5.74, 6) is 0. The zero-order valence-electron chi connectivity index (χ0n) is 27.0. The average molecular weight is 595 g/mol. The van der Waals surface area contributed by atoms with Crippen LogP contribution >= 0.6 is 0 Å². The maximum Gasteiger partial charge on any atom is 1.00 e. The summed E-state index contributed by atoms with van der Waals surface area (Å²) in [6.07, 6.45) is 30.4. The Hall–Kier alpha value is -0.390. The van der Waals surface area contributed by atoms with Crippen LogP contribution in [0.2, 0.25) is 0 Å². The second kappa shape index (κ2) is 24.0. The van der Waals surface area contributed by atoms with Crippen molar-refractivity contribution in [2.24, 2.45) is 0 Å². The van der Waals surface area contributed by atoms with Crippen molar-refractivity contribution < 1.29 is 42.5 Å². The van der Waals surface area contributed by atoms with E-state index >= 15 is 0 Å². The van der Waals surface area contributed by atoms with Gasteiger partial charge in [0.2, 0.25) is 0 Å². The van der Waals surface area contributed by atoms with E-state index in [1.807, 2.05) is 12.1 Å². The molecule has 0 fully saturated rings. The number of hydrogen-bond donors (Lipinski definition) is 0. The van der Waals surface area contributed by atoms with E-state index in [1.54, 1.807) is 6.07 Å². The molecule has 0 aliphatic rings. The predicted octanol–water partition coefficient (Wildman–Crippen LogP) is 8.45. The van der Waals surface area contributed by atoms with Gasteiger partial charge in [-0.05, 0) is 59.7 Å². The van der Waals surface area contributed by atoms with Gasteiger partial charge in [0.1, 0.15) is 10.1 Å². The Bertz CT molecular complexity index is 1030. The molecule has 0 aliphatic carbocycles. The first-order valence-corrected chi connectivity index (χ1v) is 18.4. The fraction of sp³-hybridized carbons (Fsp3) is 0.722. The van der Waals surface area contributed by atoms with Crippen LogP contribution in [0.3, 0.4) is 0 Å². The van der Waals surface area contributed by atoms with Gasteiger partial charge in [0.05, 0.1) is 4.90 Å². The molecular weight excluding hydrogens is 535 g/mol. The van der Waals surface area contributed by atoms with Gasteiger partial charge in [0, 0.05) is 0 Å². The van der Waals surface area contributed by atoms with E-state index in [0.717, 1.165) is 48.6 Å². The quantitative estimate of drug-likeness (QED) is 0.0658. The zero-order valence-corrected chi connectivity index (χ0v) is 29.8. The molecule has 0 radical (unpaired) electrons. The summed E-state index contributed by atoms with van der Waals surface area (Å²) in [6.45, 7) is 4.52. The molecule has 0 unspecified atom stereocenters. The molecule has 0 amide bonds. The Morgan fingerprint density at radius 2 is 0.902 bits per heavy atom. The standard InChI is InChI=1S/C36H60O3S.Na/c1-3-5-7-9-11-13-15-17-19-21-23-25-32-27-28-34-29-33(31-36(35(34)30-32)40(37,38)39)26-24-22-20-18-16-14-12-10-8-6-4-2;/h27-31H,3-26H2,1-2H3,(H,37,38,39);/q;+1/p-1. The number of aryl methyl sites for hydroxylation is 2.